The Morgan fingerprint density at radius 1 is 1.35 bits per heavy atom. The molecule has 1 atom stereocenters. The van der Waals surface area contributed by atoms with Crippen LogP contribution in [0.1, 0.15) is 23.0 Å². The molecule has 0 spiro atoms. The number of nitrogens with zero attached hydrogens (tertiary/aromatic N) is 2. The van der Waals surface area contributed by atoms with Gasteiger partial charge in [-0.3, -0.25) is 9.78 Å². The van der Waals surface area contributed by atoms with Crippen LogP contribution in [0.3, 0.4) is 0 Å². The summed E-state index contributed by atoms with van der Waals surface area (Å²) in [5, 5.41) is 3.55. The largest absolute Gasteiger partial charge is 0.369 e. The lowest BCUT2D eigenvalue weighted by atomic mass is 10.2. The number of rotatable bonds is 4. The molecule has 1 aliphatic rings. The van der Waals surface area contributed by atoms with Crippen LogP contribution in [-0.4, -0.2) is 35.0 Å². The Kier molecular flexibility index (Phi) is 5.18. The fourth-order valence-corrected chi connectivity index (χ4v) is 3.68. The van der Waals surface area contributed by atoms with Crippen LogP contribution < -0.4 is 10.2 Å². The van der Waals surface area contributed by atoms with Crippen molar-refractivity contribution in [3.8, 4) is 0 Å². The van der Waals surface area contributed by atoms with Crippen molar-refractivity contribution < 1.29 is 4.79 Å². The highest BCUT2D eigenvalue weighted by molar-refractivity contribution is 8.00. The highest BCUT2D eigenvalue weighted by Gasteiger charge is 2.18. The third-order valence-electron chi connectivity index (χ3n) is 3.88. The minimum absolute atomic E-state index is 0.130. The molecule has 1 unspecified atom stereocenters. The Bertz CT molecular complexity index is 662. The molecule has 3 rings (SSSR count). The zero-order valence-electron chi connectivity index (χ0n) is 13.2. The monoisotopic (exact) mass is 327 g/mol. The summed E-state index contributed by atoms with van der Waals surface area (Å²) in [5.41, 5.74) is 2.64. The molecule has 23 heavy (non-hydrogen) atoms. The normalized spacial score (nSPS) is 17.8. The SMILES string of the molecule is CC1CN(c2ccnc(C(=O)NCc3ccccc3)c2)CCS1. The fraction of sp³-hybridized carbons (Fsp3) is 0.333. The van der Waals surface area contributed by atoms with Crippen molar-refractivity contribution >= 4 is 23.4 Å². The van der Waals surface area contributed by atoms with Gasteiger partial charge in [0, 0.05) is 42.5 Å². The maximum absolute atomic E-state index is 12.3. The molecule has 5 heteroatoms. The topological polar surface area (TPSA) is 45.2 Å². The van der Waals surface area contributed by atoms with Gasteiger partial charge < -0.3 is 10.2 Å². The second kappa shape index (κ2) is 7.51. The molecule has 1 fully saturated rings. The van der Waals surface area contributed by atoms with Gasteiger partial charge in [0.15, 0.2) is 0 Å². The lowest BCUT2D eigenvalue weighted by Crippen LogP contribution is -2.36. The predicted molar refractivity (Wildman–Crippen MR) is 96.0 cm³/mol. The van der Waals surface area contributed by atoms with Crippen molar-refractivity contribution in [2.24, 2.45) is 0 Å². The van der Waals surface area contributed by atoms with Gasteiger partial charge in [0.25, 0.3) is 5.91 Å². The molecule has 0 saturated carbocycles. The fourth-order valence-electron chi connectivity index (χ4n) is 2.66. The van der Waals surface area contributed by atoms with E-state index >= 15 is 0 Å². The van der Waals surface area contributed by atoms with Gasteiger partial charge in [-0.2, -0.15) is 11.8 Å². The summed E-state index contributed by atoms with van der Waals surface area (Å²) in [4.78, 5) is 18.9. The third kappa shape index (κ3) is 4.26. The third-order valence-corrected chi connectivity index (χ3v) is 5.01. The molecule has 0 aliphatic carbocycles. The van der Waals surface area contributed by atoms with Crippen LogP contribution in [0.4, 0.5) is 5.69 Å². The van der Waals surface area contributed by atoms with Crippen LogP contribution in [0.5, 0.6) is 0 Å². The van der Waals surface area contributed by atoms with Gasteiger partial charge in [0.1, 0.15) is 5.69 Å². The van der Waals surface area contributed by atoms with Crippen LogP contribution >= 0.6 is 11.8 Å². The summed E-state index contributed by atoms with van der Waals surface area (Å²) < 4.78 is 0. The minimum Gasteiger partial charge on any atom is -0.369 e. The number of anilines is 1. The molecular weight excluding hydrogens is 306 g/mol. The second-order valence-corrected chi connectivity index (χ2v) is 7.24. The molecule has 1 aliphatic heterocycles. The smallest absolute Gasteiger partial charge is 0.270 e. The highest BCUT2D eigenvalue weighted by Crippen LogP contribution is 2.23. The summed E-state index contributed by atoms with van der Waals surface area (Å²) in [7, 11) is 0. The number of carbonyl (C=O) groups excluding carboxylic acids is 1. The van der Waals surface area contributed by atoms with E-state index in [1.807, 2.05) is 54.2 Å². The number of nitrogens with one attached hydrogen (secondary N) is 1. The molecule has 0 radical (unpaired) electrons. The van der Waals surface area contributed by atoms with Gasteiger partial charge in [-0.15, -0.1) is 0 Å². The van der Waals surface area contributed by atoms with E-state index in [4.69, 9.17) is 0 Å². The maximum atomic E-state index is 12.3. The Hall–Kier alpha value is -2.01. The summed E-state index contributed by atoms with van der Waals surface area (Å²) in [5.74, 6) is 0.995. The van der Waals surface area contributed by atoms with Gasteiger partial charge in [0.05, 0.1) is 0 Å². The van der Waals surface area contributed by atoms with Crippen LogP contribution in [0, 0.1) is 0 Å². The van der Waals surface area contributed by atoms with Gasteiger partial charge in [-0.05, 0) is 17.7 Å². The molecule has 2 aromatic rings. The molecule has 1 amide bonds. The number of aromatic nitrogens is 1. The standard InChI is InChI=1S/C18H21N3OS/c1-14-13-21(9-10-23-14)16-7-8-19-17(11-16)18(22)20-12-15-5-3-2-4-6-15/h2-8,11,14H,9-10,12-13H2,1H3,(H,20,22). The van der Waals surface area contributed by atoms with Crippen LogP contribution in [0.25, 0.3) is 0 Å². The van der Waals surface area contributed by atoms with Gasteiger partial charge in [-0.25, -0.2) is 0 Å². The maximum Gasteiger partial charge on any atom is 0.270 e. The second-order valence-electron chi connectivity index (χ2n) is 5.69. The van der Waals surface area contributed by atoms with E-state index < -0.39 is 0 Å². The van der Waals surface area contributed by atoms with Crippen molar-refractivity contribution in [3.05, 3.63) is 59.9 Å². The molecule has 0 bridgehead atoms. The van der Waals surface area contributed by atoms with E-state index in [-0.39, 0.29) is 5.91 Å². The Labute approximate surface area is 141 Å². The predicted octanol–water partition coefficient (Wildman–Crippen LogP) is 2.95. The molecule has 1 N–H and O–H groups in total. The van der Waals surface area contributed by atoms with E-state index in [2.05, 4.69) is 22.1 Å². The molecule has 1 aromatic carbocycles. The van der Waals surface area contributed by atoms with Gasteiger partial charge in [-0.1, -0.05) is 37.3 Å². The number of carbonyl (C=O) groups is 1. The Morgan fingerprint density at radius 3 is 2.96 bits per heavy atom. The first kappa shape index (κ1) is 15.9. The lowest BCUT2D eigenvalue weighted by Gasteiger charge is -2.32. The Morgan fingerprint density at radius 2 is 2.17 bits per heavy atom. The van der Waals surface area contributed by atoms with Gasteiger partial charge in [0.2, 0.25) is 0 Å². The van der Waals surface area contributed by atoms with E-state index in [1.165, 1.54) is 0 Å². The van der Waals surface area contributed by atoms with E-state index in [0.29, 0.717) is 17.5 Å². The molecule has 120 valence electrons. The van der Waals surface area contributed by atoms with E-state index in [1.54, 1.807) is 6.20 Å². The van der Waals surface area contributed by atoms with Crippen LogP contribution in [0.2, 0.25) is 0 Å². The van der Waals surface area contributed by atoms with E-state index in [9.17, 15) is 4.79 Å². The number of amides is 1. The number of pyridine rings is 1. The van der Waals surface area contributed by atoms with Crippen molar-refractivity contribution in [2.45, 2.75) is 18.7 Å². The van der Waals surface area contributed by atoms with Crippen molar-refractivity contribution in [1.29, 1.82) is 0 Å². The molecule has 1 aromatic heterocycles. The first-order valence-corrected chi connectivity index (χ1v) is 8.92. The van der Waals surface area contributed by atoms with Crippen molar-refractivity contribution in [2.75, 3.05) is 23.7 Å². The van der Waals surface area contributed by atoms with Gasteiger partial charge >= 0.3 is 0 Å². The summed E-state index contributed by atoms with van der Waals surface area (Å²) in [6, 6.07) is 13.8. The molecule has 1 saturated heterocycles. The van der Waals surface area contributed by atoms with E-state index in [0.717, 1.165) is 30.1 Å². The summed E-state index contributed by atoms with van der Waals surface area (Å²) >= 11 is 2.00. The van der Waals surface area contributed by atoms with Crippen LogP contribution in [0.15, 0.2) is 48.7 Å². The summed E-state index contributed by atoms with van der Waals surface area (Å²) in [6.07, 6.45) is 1.72. The highest BCUT2D eigenvalue weighted by atomic mass is 32.2. The molecule has 4 nitrogen and oxygen atoms in total. The number of benzene rings is 1. The molecule has 2 heterocycles. The zero-order valence-corrected chi connectivity index (χ0v) is 14.1. The first-order valence-electron chi connectivity index (χ1n) is 7.87. The zero-order chi connectivity index (χ0) is 16.1. The van der Waals surface area contributed by atoms with Crippen LogP contribution in [-0.2, 0) is 6.54 Å². The summed E-state index contributed by atoms with van der Waals surface area (Å²) in [6.45, 7) is 4.79. The molecular formula is C18H21N3OS. The average Bonchev–Trinajstić information content (AvgIpc) is 2.61. The van der Waals surface area contributed by atoms with Crippen molar-refractivity contribution in [1.82, 2.24) is 10.3 Å². The first-order chi connectivity index (χ1) is 11.2. The Balaban J connectivity index is 1.65. The minimum atomic E-state index is -0.130. The number of thioether (sulfide) groups is 1. The quantitative estimate of drug-likeness (QED) is 0.938. The average molecular weight is 327 g/mol. The number of hydrogen-bond acceptors (Lipinski definition) is 4. The number of hydrogen-bond donors (Lipinski definition) is 1. The van der Waals surface area contributed by atoms with Crippen molar-refractivity contribution in [3.63, 3.8) is 0 Å². The lowest BCUT2D eigenvalue weighted by molar-refractivity contribution is 0.0946.